The molecular weight excluding hydrogens is 405 g/mol. The molecule has 5 heteroatoms. The van der Waals surface area contributed by atoms with Crippen molar-refractivity contribution in [3.8, 4) is 11.5 Å². The Morgan fingerprint density at radius 3 is 2.38 bits per heavy atom. The minimum atomic E-state index is 0.409. The molecule has 0 aliphatic carbocycles. The SMILES string of the molecule is CCCCCCCCNCc1cc(OCC)c(OCc2cccc(Cl)c2)cc1Cl. The van der Waals surface area contributed by atoms with E-state index in [9.17, 15) is 0 Å². The summed E-state index contributed by atoms with van der Waals surface area (Å²) in [7, 11) is 0. The Hall–Kier alpha value is -1.42. The molecule has 0 heterocycles. The van der Waals surface area contributed by atoms with Crippen LogP contribution in [-0.2, 0) is 13.2 Å². The topological polar surface area (TPSA) is 30.5 Å². The van der Waals surface area contributed by atoms with Crippen molar-refractivity contribution < 1.29 is 9.47 Å². The number of hydrogen-bond acceptors (Lipinski definition) is 3. The first-order chi connectivity index (χ1) is 14.1. The molecule has 0 atom stereocenters. The Labute approximate surface area is 185 Å². The third-order valence-electron chi connectivity index (χ3n) is 4.72. The fourth-order valence-electron chi connectivity index (χ4n) is 3.14. The van der Waals surface area contributed by atoms with Gasteiger partial charge in [-0.15, -0.1) is 0 Å². The van der Waals surface area contributed by atoms with E-state index in [4.69, 9.17) is 32.7 Å². The Balaban J connectivity index is 1.89. The second kappa shape index (κ2) is 13.7. The van der Waals surface area contributed by atoms with E-state index in [1.54, 1.807) is 0 Å². The minimum Gasteiger partial charge on any atom is -0.490 e. The van der Waals surface area contributed by atoms with Gasteiger partial charge in [-0.05, 0) is 49.2 Å². The maximum absolute atomic E-state index is 6.51. The zero-order chi connectivity index (χ0) is 20.9. The number of hydrogen-bond donors (Lipinski definition) is 1. The van der Waals surface area contributed by atoms with Gasteiger partial charge in [-0.25, -0.2) is 0 Å². The molecular formula is C24H33Cl2NO2. The van der Waals surface area contributed by atoms with Crippen LogP contribution in [-0.4, -0.2) is 13.2 Å². The lowest BCUT2D eigenvalue weighted by molar-refractivity contribution is 0.269. The van der Waals surface area contributed by atoms with Crippen LogP contribution in [0.5, 0.6) is 11.5 Å². The number of halogens is 2. The first-order valence-corrected chi connectivity index (χ1v) is 11.4. The normalized spacial score (nSPS) is 10.9. The maximum Gasteiger partial charge on any atom is 0.163 e. The fourth-order valence-corrected chi connectivity index (χ4v) is 3.57. The van der Waals surface area contributed by atoms with Gasteiger partial charge in [0.2, 0.25) is 0 Å². The molecule has 0 spiro atoms. The van der Waals surface area contributed by atoms with Crippen molar-refractivity contribution in [1.82, 2.24) is 5.32 Å². The van der Waals surface area contributed by atoms with Crippen LogP contribution in [0.1, 0.15) is 63.5 Å². The van der Waals surface area contributed by atoms with Crippen LogP contribution < -0.4 is 14.8 Å². The van der Waals surface area contributed by atoms with Gasteiger partial charge in [-0.2, -0.15) is 0 Å². The molecule has 160 valence electrons. The second-order valence-electron chi connectivity index (χ2n) is 7.19. The average Bonchev–Trinajstić information content (AvgIpc) is 2.71. The Morgan fingerprint density at radius 2 is 1.62 bits per heavy atom. The van der Waals surface area contributed by atoms with Crippen molar-refractivity contribution >= 4 is 23.2 Å². The molecule has 0 bridgehead atoms. The van der Waals surface area contributed by atoms with Gasteiger partial charge in [-0.1, -0.05) is 74.4 Å². The van der Waals surface area contributed by atoms with E-state index in [-0.39, 0.29) is 0 Å². The molecule has 3 nitrogen and oxygen atoms in total. The van der Waals surface area contributed by atoms with E-state index < -0.39 is 0 Å². The number of unbranched alkanes of at least 4 members (excludes halogenated alkanes) is 5. The van der Waals surface area contributed by atoms with E-state index in [1.807, 2.05) is 43.3 Å². The van der Waals surface area contributed by atoms with Crippen LogP contribution in [0.4, 0.5) is 0 Å². The quantitative estimate of drug-likeness (QED) is 0.311. The third-order valence-corrected chi connectivity index (χ3v) is 5.31. The molecule has 0 aliphatic heterocycles. The lowest BCUT2D eigenvalue weighted by atomic mass is 10.1. The van der Waals surface area contributed by atoms with Crippen LogP contribution in [0.25, 0.3) is 0 Å². The smallest absolute Gasteiger partial charge is 0.163 e. The summed E-state index contributed by atoms with van der Waals surface area (Å²) in [5.41, 5.74) is 2.02. The zero-order valence-electron chi connectivity index (χ0n) is 17.6. The summed E-state index contributed by atoms with van der Waals surface area (Å²) in [6.07, 6.45) is 7.77. The van der Waals surface area contributed by atoms with Gasteiger partial charge in [-0.3, -0.25) is 0 Å². The highest BCUT2D eigenvalue weighted by molar-refractivity contribution is 6.31. The molecule has 2 aromatic carbocycles. The number of nitrogens with one attached hydrogen (secondary N) is 1. The minimum absolute atomic E-state index is 0.409. The molecule has 0 unspecified atom stereocenters. The van der Waals surface area contributed by atoms with E-state index in [1.165, 1.54) is 38.5 Å². The lowest BCUT2D eigenvalue weighted by Crippen LogP contribution is -2.15. The van der Waals surface area contributed by atoms with Gasteiger partial charge < -0.3 is 14.8 Å². The van der Waals surface area contributed by atoms with Gasteiger partial charge in [0.15, 0.2) is 11.5 Å². The van der Waals surface area contributed by atoms with E-state index in [2.05, 4.69) is 12.2 Å². The van der Waals surface area contributed by atoms with Crippen LogP contribution in [0, 0.1) is 0 Å². The Bertz CT molecular complexity index is 737. The van der Waals surface area contributed by atoms with Gasteiger partial charge in [0.1, 0.15) is 6.61 Å². The van der Waals surface area contributed by atoms with Crippen molar-refractivity contribution in [2.45, 2.75) is 65.5 Å². The number of ether oxygens (including phenoxy) is 2. The van der Waals surface area contributed by atoms with Crippen molar-refractivity contribution in [2.24, 2.45) is 0 Å². The first kappa shape index (κ1) is 23.9. The van der Waals surface area contributed by atoms with Gasteiger partial charge in [0.05, 0.1) is 6.61 Å². The van der Waals surface area contributed by atoms with Crippen LogP contribution in [0.3, 0.4) is 0 Å². The fraction of sp³-hybridized carbons (Fsp3) is 0.500. The van der Waals surface area contributed by atoms with Crippen LogP contribution in [0.2, 0.25) is 10.0 Å². The maximum atomic E-state index is 6.51. The molecule has 2 rings (SSSR count). The molecule has 0 radical (unpaired) electrons. The van der Waals surface area contributed by atoms with E-state index in [0.717, 1.165) is 30.0 Å². The van der Waals surface area contributed by atoms with Crippen LogP contribution >= 0.6 is 23.2 Å². The molecule has 1 N–H and O–H groups in total. The summed E-state index contributed by atoms with van der Waals surface area (Å²) < 4.78 is 11.8. The molecule has 0 aromatic heterocycles. The summed E-state index contributed by atoms with van der Waals surface area (Å²) in [6.45, 7) is 6.91. The molecule has 0 amide bonds. The summed E-state index contributed by atoms with van der Waals surface area (Å²) in [5.74, 6) is 1.37. The first-order valence-electron chi connectivity index (χ1n) is 10.7. The lowest BCUT2D eigenvalue weighted by Gasteiger charge is -2.15. The highest BCUT2D eigenvalue weighted by Crippen LogP contribution is 2.34. The van der Waals surface area contributed by atoms with Crippen LogP contribution in [0.15, 0.2) is 36.4 Å². The van der Waals surface area contributed by atoms with Crippen molar-refractivity contribution in [2.75, 3.05) is 13.2 Å². The largest absolute Gasteiger partial charge is 0.490 e. The van der Waals surface area contributed by atoms with E-state index >= 15 is 0 Å². The average molecular weight is 438 g/mol. The van der Waals surface area contributed by atoms with Crippen molar-refractivity contribution in [1.29, 1.82) is 0 Å². The highest BCUT2D eigenvalue weighted by atomic mass is 35.5. The Morgan fingerprint density at radius 1 is 0.862 bits per heavy atom. The van der Waals surface area contributed by atoms with E-state index in [0.29, 0.717) is 29.0 Å². The van der Waals surface area contributed by atoms with Gasteiger partial charge >= 0.3 is 0 Å². The van der Waals surface area contributed by atoms with Crippen molar-refractivity contribution in [3.05, 3.63) is 57.6 Å². The summed E-state index contributed by atoms with van der Waals surface area (Å²) >= 11 is 12.6. The zero-order valence-corrected chi connectivity index (χ0v) is 19.1. The molecule has 2 aromatic rings. The van der Waals surface area contributed by atoms with Crippen molar-refractivity contribution in [3.63, 3.8) is 0 Å². The molecule has 0 saturated heterocycles. The third kappa shape index (κ3) is 8.86. The standard InChI is InChI=1S/C24H33Cl2NO2/c1-3-5-6-7-8-9-13-27-17-20-15-23(28-4-2)24(16-22(20)26)29-18-19-11-10-12-21(25)14-19/h10-12,14-16,27H,3-9,13,17-18H2,1-2H3. The summed E-state index contributed by atoms with van der Waals surface area (Å²) in [6, 6.07) is 11.5. The van der Waals surface area contributed by atoms with Gasteiger partial charge in [0.25, 0.3) is 0 Å². The predicted molar refractivity (Wildman–Crippen MR) is 123 cm³/mol. The molecule has 0 fully saturated rings. The Kier molecular flexibility index (Phi) is 11.3. The second-order valence-corrected chi connectivity index (χ2v) is 8.03. The number of rotatable bonds is 14. The predicted octanol–water partition coefficient (Wildman–Crippen LogP) is 7.42. The highest BCUT2D eigenvalue weighted by Gasteiger charge is 2.11. The number of benzene rings is 2. The monoisotopic (exact) mass is 437 g/mol. The molecule has 0 aliphatic rings. The van der Waals surface area contributed by atoms with Gasteiger partial charge in [0, 0.05) is 22.7 Å². The summed E-state index contributed by atoms with van der Waals surface area (Å²) in [4.78, 5) is 0. The molecule has 0 saturated carbocycles. The summed E-state index contributed by atoms with van der Waals surface area (Å²) in [5, 5.41) is 4.87. The molecule has 29 heavy (non-hydrogen) atoms.